The van der Waals surface area contributed by atoms with E-state index in [0.717, 1.165) is 12.0 Å². The molecule has 0 saturated carbocycles. The summed E-state index contributed by atoms with van der Waals surface area (Å²) in [5, 5.41) is 14.1. The highest BCUT2D eigenvalue weighted by Gasteiger charge is 2.05. The van der Waals surface area contributed by atoms with Gasteiger partial charge in [-0.1, -0.05) is 67.9 Å². The lowest BCUT2D eigenvalue weighted by Gasteiger charge is -2.09. The largest absolute Gasteiger partial charge is 0.192 e. The summed E-state index contributed by atoms with van der Waals surface area (Å²) >= 11 is 0. The Morgan fingerprint density at radius 1 is 0.720 bits per heavy atom. The van der Waals surface area contributed by atoms with Crippen LogP contribution in [0.25, 0.3) is 32.7 Å². The van der Waals surface area contributed by atoms with Crippen molar-refractivity contribution in [2.24, 2.45) is 0 Å². The molecule has 0 heterocycles. The van der Waals surface area contributed by atoms with Crippen molar-refractivity contribution < 1.29 is 0 Å². The summed E-state index contributed by atoms with van der Waals surface area (Å²) in [4.78, 5) is 0. The van der Waals surface area contributed by atoms with E-state index in [2.05, 4.69) is 61.5 Å². The number of hydrogen-bond donors (Lipinski definition) is 0. The molecule has 0 aromatic heterocycles. The second-order valence-electron chi connectivity index (χ2n) is 6.50. The summed E-state index contributed by atoms with van der Waals surface area (Å²) in [6.07, 6.45) is 2.30. The molecule has 4 aromatic rings. The Balaban J connectivity index is 1.82. The van der Waals surface area contributed by atoms with Crippen molar-refractivity contribution in [1.29, 1.82) is 5.26 Å². The summed E-state index contributed by atoms with van der Waals surface area (Å²) in [7, 11) is 0. The van der Waals surface area contributed by atoms with Gasteiger partial charge in [-0.15, -0.1) is 0 Å². The zero-order valence-electron chi connectivity index (χ0n) is 14.3. The Kier molecular flexibility index (Phi) is 3.96. The molecule has 0 unspecified atom stereocenters. The van der Waals surface area contributed by atoms with Gasteiger partial charge < -0.3 is 0 Å². The molecule has 0 atom stereocenters. The topological polar surface area (TPSA) is 23.8 Å². The van der Waals surface area contributed by atoms with E-state index in [0.29, 0.717) is 5.56 Å². The molecule has 0 aliphatic rings. The third-order valence-electron chi connectivity index (χ3n) is 4.79. The van der Waals surface area contributed by atoms with Crippen molar-refractivity contribution in [1.82, 2.24) is 0 Å². The van der Waals surface area contributed by atoms with Gasteiger partial charge in [-0.25, -0.2) is 0 Å². The van der Waals surface area contributed by atoms with Crippen LogP contribution in [0.1, 0.15) is 24.5 Å². The summed E-state index contributed by atoms with van der Waals surface area (Å²) in [5.74, 6) is 0. The molecule has 1 heteroatoms. The highest BCUT2D eigenvalue weighted by molar-refractivity contribution is 6.08. The van der Waals surface area contributed by atoms with E-state index >= 15 is 0 Å². The van der Waals surface area contributed by atoms with Crippen LogP contribution >= 0.6 is 0 Å². The van der Waals surface area contributed by atoms with Gasteiger partial charge in [0.25, 0.3) is 0 Å². The van der Waals surface area contributed by atoms with E-state index in [1.165, 1.54) is 39.1 Å². The first kappa shape index (κ1) is 15.4. The lowest BCUT2D eigenvalue weighted by atomic mass is 9.96. The van der Waals surface area contributed by atoms with E-state index in [9.17, 15) is 0 Å². The van der Waals surface area contributed by atoms with Gasteiger partial charge in [0.15, 0.2) is 0 Å². The molecule has 0 bridgehead atoms. The molecular formula is C24H19N. The number of benzene rings is 4. The number of aryl methyl sites for hydroxylation is 1. The quantitative estimate of drug-likeness (QED) is 0.396. The zero-order valence-corrected chi connectivity index (χ0v) is 14.3. The van der Waals surface area contributed by atoms with Gasteiger partial charge in [0.2, 0.25) is 0 Å². The predicted molar refractivity (Wildman–Crippen MR) is 106 cm³/mol. The minimum Gasteiger partial charge on any atom is -0.192 e. The fourth-order valence-electron chi connectivity index (χ4n) is 3.48. The molecule has 0 amide bonds. The molecule has 0 fully saturated rings. The molecule has 0 saturated heterocycles. The molecular weight excluding hydrogens is 302 g/mol. The zero-order chi connectivity index (χ0) is 17.2. The number of nitrogens with zero attached hydrogens (tertiary/aromatic N) is 1. The molecule has 4 aromatic carbocycles. The minimum absolute atomic E-state index is 0.693. The van der Waals surface area contributed by atoms with E-state index in [-0.39, 0.29) is 0 Å². The van der Waals surface area contributed by atoms with Crippen LogP contribution in [0.4, 0.5) is 0 Å². The minimum atomic E-state index is 0.693. The fraction of sp³-hybridized carbons (Fsp3) is 0.125. The number of nitriles is 1. The van der Waals surface area contributed by atoms with Crippen LogP contribution in [0.5, 0.6) is 0 Å². The molecule has 120 valence electrons. The Bertz CT molecular complexity index is 1100. The molecule has 0 radical (unpaired) electrons. The Morgan fingerprint density at radius 2 is 1.36 bits per heavy atom. The highest BCUT2D eigenvalue weighted by Crippen LogP contribution is 2.30. The van der Waals surface area contributed by atoms with E-state index in [4.69, 9.17) is 5.26 Å². The SMILES string of the molecule is CCCc1ccc2c(ccc3cc(-c4ccc(C#N)cc4)ccc32)c1. The van der Waals surface area contributed by atoms with E-state index < -0.39 is 0 Å². The summed E-state index contributed by atoms with van der Waals surface area (Å²) in [5.41, 5.74) is 4.42. The summed E-state index contributed by atoms with van der Waals surface area (Å²) < 4.78 is 0. The average molecular weight is 321 g/mol. The van der Waals surface area contributed by atoms with Crippen molar-refractivity contribution in [3.05, 3.63) is 83.9 Å². The molecule has 4 rings (SSSR count). The molecule has 0 N–H and O–H groups in total. The van der Waals surface area contributed by atoms with Gasteiger partial charge >= 0.3 is 0 Å². The van der Waals surface area contributed by atoms with E-state index in [1.54, 1.807) is 0 Å². The first-order valence-corrected chi connectivity index (χ1v) is 8.74. The molecule has 0 aliphatic heterocycles. The molecule has 1 nitrogen and oxygen atoms in total. The maximum Gasteiger partial charge on any atom is 0.0991 e. The maximum atomic E-state index is 8.94. The second-order valence-corrected chi connectivity index (χ2v) is 6.50. The van der Waals surface area contributed by atoms with Crippen molar-refractivity contribution in [3.63, 3.8) is 0 Å². The normalized spacial score (nSPS) is 10.9. The number of hydrogen-bond acceptors (Lipinski definition) is 1. The smallest absolute Gasteiger partial charge is 0.0991 e. The van der Waals surface area contributed by atoms with Crippen LogP contribution in [0, 0.1) is 11.3 Å². The first-order chi connectivity index (χ1) is 12.3. The van der Waals surface area contributed by atoms with Crippen LogP contribution in [0.2, 0.25) is 0 Å². The average Bonchev–Trinajstić information content (AvgIpc) is 2.67. The van der Waals surface area contributed by atoms with Crippen molar-refractivity contribution in [3.8, 4) is 17.2 Å². The first-order valence-electron chi connectivity index (χ1n) is 8.74. The van der Waals surface area contributed by atoms with Crippen LogP contribution in [0.15, 0.2) is 72.8 Å². The second kappa shape index (κ2) is 6.42. The third-order valence-corrected chi connectivity index (χ3v) is 4.79. The highest BCUT2D eigenvalue weighted by atomic mass is 14.2. The van der Waals surface area contributed by atoms with Crippen LogP contribution in [0.3, 0.4) is 0 Å². The predicted octanol–water partition coefficient (Wildman–Crippen LogP) is 6.48. The lowest BCUT2D eigenvalue weighted by molar-refractivity contribution is 0.924. The van der Waals surface area contributed by atoms with Gasteiger partial charge in [-0.3, -0.25) is 0 Å². The fourth-order valence-corrected chi connectivity index (χ4v) is 3.48. The maximum absolute atomic E-state index is 8.94. The third kappa shape index (κ3) is 2.88. The van der Waals surface area contributed by atoms with Gasteiger partial charge in [-0.05, 0) is 62.9 Å². The lowest BCUT2D eigenvalue weighted by Crippen LogP contribution is -1.85. The van der Waals surface area contributed by atoms with Gasteiger partial charge in [0.1, 0.15) is 0 Å². The van der Waals surface area contributed by atoms with E-state index in [1.807, 2.05) is 24.3 Å². The van der Waals surface area contributed by atoms with Crippen LogP contribution < -0.4 is 0 Å². The Hall–Kier alpha value is -3.11. The number of fused-ring (bicyclic) bond motifs is 3. The van der Waals surface area contributed by atoms with Gasteiger partial charge in [0, 0.05) is 0 Å². The summed E-state index contributed by atoms with van der Waals surface area (Å²) in [6, 6.07) is 27.8. The number of rotatable bonds is 3. The molecule has 0 spiro atoms. The summed E-state index contributed by atoms with van der Waals surface area (Å²) in [6.45, 7) is 2.22. The monoisotopic (exact) mass is 321 g/mol. The molecule has 25 heavy (non-hydrogen) atoms. The Labute approximate surface area is 148 Å². The Morgan fingerprint density at radius 3 is 2.04 bits per heavy atom. The van der Waals surface area contributed by atoms with Crippen molar-refractivity contribution in [2.45, 2.75) is 19.8 Å². The van der Waals surface area contributed by atoms with Gasteiger partial charge in [-0.2, -0.15) is 5.26 Å². The van der Waals surface area contributed by atoms with Crippen molar-refractivity contribution >= 4 is 21.5 Å². The molecule has 0 aliphatic carbocycles. The van der Waals surface area contributed by atoms with Gasteiger partial charge in [0.05, 0.1) is 11.6 Å². The standard InChI is InChI=1S/C24H19N/c1-2-3-17-6-12-23-21(14-17)9-10-22-15-20(11-13-24(22)23)19-7-4-18(16-25)5-8-19/h4-15H,2-3H2,1H3. The van der Waals surface area contributed by atoms with Crippen molar-refractivity contribution in [2.75, 3.05) is 0 Å². The van der Waals surface area contributed by atoms with Crippen LogP contribution in [-0.4, -0.2) is 0 Å². The van der Waals surface area contributed by atoms with Crippen LogP contribution in [-0.2, 0) is 6.42 Å².